The molecule has 0 bridgehead atoms. The minimum Gasteiger partial charge on any atom is -0.362 e. The van der Waals surface area contributed by atoms with E-state index >= 15 is 0 Å². The summed E-state index contributed by atoms with van der Waals surface area (Å²) in [7, 11) is 0. The summed E-state index contributed by atoms with van der Waals surface area (Å²) >= 11 is 6.17. The maximum atomic E-state index is 6.17. The van der Waals surface area contributed by atoms with Gasteiger partial charge in [0.1, 0.15) is 5.82 Å². The first-order valence-electron chi connectivity index (χ1n) is 7.40. The molecule has 0 saturated heterocycles. The van der Waals surface area contributed by atoms with E-state index in [-0.39, 0.29) is 0 Å². The lowest BCUT2D eigenvalue weighted by Crippen LogP contribution is -2.34. The van der Waals surface area contributed by atoms with Crippen molar-refractivity contribution in [1.29, 1.82) is 0 Å². The summed E-state index contributed by atoms with van der Waals surface area (Å²) in [6, 6.07) is 6.61. The lowest BCUT2D eigenvalue weighted by Gasteiger charge is -2.31. The van der Waals surface area contributed by atoms with Crippen LogP contribution in [0.1, 0.15) is 25.2 Å². The summed E-state index contributed by atoms with van der Waals surface area (Å²) in [5.74, 6) is 1.12. The number of aromatic nitrogens is 2. The molecule has 4 nitrogen and oxygen atoms in total. The average Bonchev–Trinajstić information content (AvgIpc) is 2.92. The molecule has 0 atom stereocenters. The predicted molar refractivity (Wildman–Crippen MR) is 86.7 cm³/mol. The number of nitrogens with zero attached hydrogens (tertiary/aromatic N) is 3. The van der Waals surface area contributed by atoms with Crippen molar-refractivity contribution < 1.29 is 0 Å². The van der Waals surface area contributed by atoms with E-state index in [2.05, 4.69) is 51.9 Å². The average molecular weight is 305 g/mol. The van der Waals surface area contributed by atoms with Gasteiger partial charge >= 0.3 is 0 Å². The number of halogens is 1. The summed E-state index contributed by atoms with van der Waals surface area (Å²) < 4.78 is 2.22. The number of nitrogens with one attached hydrogen (secondary N) is 1. The Labute approximate surface area is 130 Å². The summed E-state index contributed by atoms with van der Waals surface area (Å²) in [6.45, 7) is 7.97. The second-order valence-electron chi connectivity index (χ2n) is 5.77. The molecule has 1 aromatic carbocycles. The molecule has 5 heteroatoms. The molecule has 0 fully saturated rings. The van der Waals surface area contributed by atoms with E-state index in [1.54, 1.807) is 0 Å². The quantitative estimate of drug-likeness (QED) is 0.942. The Morgan fingerprint density at radius 3 is 3.00 bits per heavy atom. The Hall–Kier alpha value is -1.52. The molecule has 1 N–H and O–H groups in total. The molecule has 0 unspecified atom stereocenters. The summed E-state index contributed by atoms with van der Waals surface area (Å²) in [5.41, 5.74) is 2.50. The van der Waals surface area contributed by atoms with E-state index in [0.717, 1.165) is 37.0 Å². The number of hydrogen-bond donors (Lipinski definition) is 1. The van der Waals surface area contributed by atoms with Crippen LogP contribution in [0.5, 0.6) is 0 Å². The standard InChI is InChI=1S/C16H21ClN4/c1-12(2)19-10-13-9-14(17)3-4-15(13)21-8-7-20-6-5-18-16(20)11-21/h3-6,9,12,19H,7-8,10-11H2,1-2H3. The largest absolute Gasteiger partial charge is 0.362 e. The van der Waals surface area contributed by atoms with Crippen LogP contribution in [0, 0.1) is 0 Å². The van der Waals surface area contributed by atoms with E-state index < -0.39 is 0 Å². The number of fused-ring (bicyclic) bond motifs is 1. The molecule has 0 saturated carbocycles. The Balaban J connectivity index is 1.84. The number of rotatable bonds is 4. The second kappa shape index (κ2) is 6.08. The van der Waals surface area contributed by atoms with Crippen molar-refractivity contribution in [3.05, 3.63) is 47.0 Å². The van der Waals surface area contributed by atoms with Crippen molar-refractivity contribution in [2.75, 3.05) is 11.4 Å². The van der Waals surface area contributed by atoms with E-state index in [9.17, 15) is 0 Å². The Bertz CT molecular complexity index is 620. The maximum absolute atomic E-state index is 6.17. The van der Waals surface area contributed by atoms with Crippen LogP contribution in [0.2, 0.25) is 5.02 Å². The fraction of sp³-hybridized carbons (Fsp3) is 0.438. The first-order chi connectivity index (χ1) is 10.1. The third kappa shape index (κ3) is 3.22. The van der Waals surface area contributed by atoms with Crippen LogP contribution < -0.4 is 10.2 Å². The molecule has 0 amide bonds. The van der Waals surface area contributed by atoms with E-state index in [1.807, 2.05) is 12.3 Å². The first kappa shape index (κ1) is 14.4. The monoisotopic (exact) mass is 304 g/mol. The first-order valence-corrected chi connectivity index (χ1v) is 7.78. The molecule has 1 aromatic heterocycles. The summed E-state index contributed by atoms with van der Waals surface area (Å²) in [6.07, 6.45) is 3.93. The van der Waals surface area contributed by atoms with Gasteiger partial charge in [-0.2, -0.15) is 0 Å². The van der Waals surface area contributed by atoms with Gasteiger partial charge in [0, 0.05) is 48.8 Å². The molecule has 0 spiro atoms. The molecule has 112 valence electrons. The van der Waals surface area contributed by atoms with Gasteiger partial charge in [-0.25, -0.2) is 4.98 Å². The van der Waals surface area contributed by atoms with Gasteiger partial charge < -0.3 is 14.8 Å². The number of benzene rings is 1. The zero-order valence-electron chi connectivity index (χ0n) is 12.5. The van der Waals surface area contributed by atoms with Crippen molar-refractivity contribution in [2.45, 2.75) is 39.5 Å². The van der Waals surface area contributed by atoms with Gasteiger partial charge in [0.25, 0.3) is 0 Å². The molecule has 0 aliphatic carbocycles. The molecule has 2 aromatic rings. The van der Waals surface area contributed by atoms with Crippen molar-refractivity contribution in [3.63, 3.8) is 0 Å². The predicted octanol–water partition coefficient (Wildman–Crippen LogP) is 3.05. The SMILES string of the molecule is CC(C)NCc1cc(Cl)ccc1N1CCn2ccnc2C1. The Morgan fingerprint density at radius 2 is 2.19 bits per heavy atom. The second-order valence-corrected chi connectivity index (χ2v) is 6.20. The van der Waals surface area contributed by atoms with Crippen molar-refractivity contribution in [1.82, 2.24) is 14.9 Å². The Kier molecular flexibility index (Phi) is 4.17. The van der Waals surface area contributed by atoms with Crippen LogP contribution in [0.25, 0.3) is 0 Å². The van der Waals surface area contributed by atoms with Gasteiger partial charge in [-0.3, -0.25) is 0 Å². The summed E-state index contributed by atoms with van der Waals surface area (Å²) in [4.78, 5) is 6.82. The van der Waals surface area contributed by atoms with Gasteiger partial charge in [0.2, 0.25) is 0 Å². The van der Waals surface area contributed by atoms with Crippen LogP contribution in [-0.4, -0.2) is 22.1 Å². The van der Waals surface area contributed by atoms with Crippen LogP contribution in [0.4, 0.5) is 5.69 Å². The molecule has 21 heavy (non-hydrogen) atoms. The highest BCUT2D eigenvalue weighted by Crippen LogP contribution is 2.27. The summed E-state index contributed by atoms with van der Waals surface area (Å²) in [5, 5.41) is 4.27. The molecule has 2 heterocycles. The zero-order valence-corrected chi connectivity index (χ0v) is 13.3. The normalized spacial score (nSPS) is 14.6. The molecular weight excluding hydrogens is 284 g/mol. The maximum Gasteiger partial charge on any atom is 0.128 e. The molecule has 1 aliphatic heterocycles. The number of anilines is 1. The molecular formula is C16H21ClN4. The van der Waals surface area contributed by atoms with Crippen LogP contribution in [0.15, 0.2) is 30.6 Å². The van der Waals surface area contributed by atoms with Crippen molar-refractivity contribution >= 4 is 17.3 Å². The fourth-order valence-corrected chi connectivity index (χ4v) is 2.89. The highest BCUT2D eigenvalue weighted by atomic mass is 35.5. The fourth-order valence-electron chi connectivity index (χ4n) is 2.70. The van der Waals surface area contributed by atoms with Gasteiger partial charge in [-0.1, -0.05) is 25.4 Å². The van der Waals surface area contributed by atoms with E-state index in [4.69, 9.17) is 11.6 Å². The van der Waals surface area contributed by atoms with E-state index in [1.165, 1.54) is 11.3 Å². The lowest BCUT2D eigenvalue weighted by atomic mass is 10.1. The van der Waals surface area contributed by atoms with Gasteiger partial charge in [-0.15, -0.1) is 0 Å². The third-order valence-electron chi connectivity index (χ3n) is 3.83. The van der Waals surface area contributed by atoms with Gasteiger partial charge in [-0.05, 0) is 23.8 Å². The molecule has 3 rings (SSSR count). The van der Waals surface area contributed by atoms with Crippen LogP contribution in [0.3, 0.4) is 0 Å². The number of hydrogen-bond acceptors (Lipinski definition) is 3. The third-order valence-corrected chi connectivity index (χ3v) is 4.06. The van der Waals surface area contributed by atoms with Crippen LogP contribution in [-0.2, 0) is 19.6 Å². The minimum absolute atomic E-state index is 0.456. The highest BCUT2D eigenvalue weighted by molar-refractivity contribution is 6.30. The topological polar surface area (TPSA) is 33.1 Å². The van der Waals surface area contributed by atoms with Gasteiger partial charge in [0.15, 0.2) is 0 Å². The van der Waals surface area contributed by atoms with Gasteiger partial charge in [0.05, 0.1) is 6.54 Å². The minimum atomic E-state index is 0.456. The van der Waals surface area contributed by atoms with Crippen LogP contribution >= 0.6 is 11.6 Å². The molecule has 1 aliphatic rings. The van der Waals surface area contributed by atoms with Crippen molar-refractivity contribution in [2.24, 2.45) is 0 Å². The van der Waals surface area contributed by atoms with E-state index in [0.29, 0.717) is 6.04 Å². The number of imidazole rings is 1. The Morgan fingerprint density at radius 1 is 1.33 bits per heavy atom. The highest BCUT2D eigenvalue weighted by Gasteiger charge is 2.19. The molecule has 0 radical (unpaired) electrons. The lowest BCUT2D eigenvalue weighted by molar-refractivity contribution is 0.553. The smallest absolute Gasteiger partial charge is 0.128 e. The zero-order chi connectivity index (χ0) is 14.8. The van der Waals surface area contributed by atoms with Crippen molar-refractivity contribution in [3.8, 4) is 0 Å².